The van der Waals surface area contributed by atoms with Crippen molar-refractivity contribution < 1.29 is 10.2 Å². The molecule has 2 aliphatic heterocycles. The summed E-state index contributed by atoms with van der Waals surface area (Å²) in [5, 5.41) is 27.1. The molecule has 2 aromatic carbocycles. The van der Waals surface area contributed by atoms with E-state index in [0.29, 0.717) is 6.04 Å². The lowest BCUT2D eigenvalue weighted by Crippen LogP contribution is -2.48. The summed E-state index contributed by atoms with van der Waals surface area (Å²) in [7, 11) is 0. The van der Waals surface area contributed by atoms with E-state index in [9.17, 15) is 10.2 Å². The van der Waals surface area contributed by atoms with Crippen molar-refractivity contribution in [3.8, 4) is 11.5 Å². The Balaban J connectivity index is 1.77. The second kappa shape index (κ2) is 3.96. The average molecular weight is 294 g/mol. The predicted octanol–water partition coefficient (Wildman–Crippen LogP) is 2.42. The SMILES string of the molecule is Oc1cc2c(cc1O)C1Nc3ccccc3C13CCNC3C2. The van der Waals surface area contributed by atoms with E-state index in [1.807, 2.05) is 0 Å². The van der Waals surface area contributed by atoms with Gasteiger partial charge in [0, 0.05) is 17.1 Å². The highest BCUT2D eigenvalue weighted by Crippen LogP contribution is 2.58. The van der Waals surface area contributed by atoms with Gasteiger partial charge in [0.25, 0.3) is 0 Å². The molecule has 0 bridgehead atoms. The summed E-state index contributed by atoms with van der Waals surface area (Å²) in [5.41, 5.74) is 4.87. The van der Waals surface area contributed by atoms with Crippen LogP contribution in [-0.4, -0.2) is 22.8 Å². The Hall–Kier alpha value is -2.20. The van der Waals surface area contributed by atoms with E-state index in [0.717, 1.165) is 30.5 Å². The molecule has 3 atom stereocenters. The summed E-state index contributed by atoms with van der Waals surface area (Å²) >= 11 is 0. The van der Waals surface area contributed by atoms with Gasteiger partial charge in [0.05, 0.1) is 6.04 Å². The van der Waals surface area contributed by atoms with Gasteiger partial charge in [0.2, 0.25) is 0 Å². The van der Waals surface area contributed by atoms with Crippen LogP contribution in [0.4, 0.5) is 5.69 Å². The van der Waals surface area contributed by atoms with Gasteiger partial charge in [0.15, 0.2) is 11.5 Å². The lowest BCUT2D eigenvalue weighted by molar-refractivity contribution is 0.311. The smallest absolute Gasteiger partial charge is 0.157 e. The number of benzene rings is 2. The molecule has 0 saturated carbocycles. The first-order chi connectivity index (χ1) is 10.7. The normalized spacial score (nSPS) is 30.9. The summed E-state index contributed by atoms with van der Waals surface area (Å²) < 4.78 is 0. The van der Waals surface area contributed by atoms with Gasteiger partial charge >= 0.3 is 0 Å². The number of anilines is 1. The van der Waals surface area contributed by atoms with Crippen LogP contribution in [-0.2, 0) is 11.8 Å². The number of aromatic hydroxyl groups is 2. The van der Waals surface area contributed by atoms with Crippen LogP contribution < -0.4 is 10.6 Å². The molecule has 4 heteroatoms. The Kier molecular flexibility index (Phi) is 2.22. The predicted molar refractivity (Wildman–Crippen MR) is 84.4 cm³/mol. The van der Waals surface area contributed by atoms with Crippen LogP contribution in [0.15, 0.2) is 36.4 Å². The molecule has 1 saturated heterocycles. The quantitative estimate of drug-likeness (QED) is 0.564. The molecule has 3 aliphatic rings. The van der Waals surface area contributed by atoms with Gasteiger partial charge < -0.3 is 20.8 Å². The van der Waals surface area contributed by atoms with Gasteiger partial charge in [0.1, 0.15) is 0 Å². The molecule has 4 nitrogen and oxygen atoms in total. The van der Waals surface area contributed by atoms with Crippen molar-refractivity contribution in [1.82, 2.24) is 5.32 Å². The van der Waals surface area contributed by atoms with Crippen molar-refractivity contribution in [2.75, 3.05) is 11.9 Å². The van der Waals surface area contributed by atoms with Crippen molar-refractivity contribution in [3.63, 3.8) is 0 Å². The molecule has 5 rings (SSSR count). The van der Waals surface area contributed by atoms with Crippen molar-refractivity contribution >= 4 is 5.69 Å². The average Bonchev–Trinajstić information content (AvgIpc) is 3.08. The van der Waals surface area contributed by atoms with E-state index in [1.54, 1.807) is 12.1 Å². The standard InChI is InChI=1S/C18H18N2O2/c21-14-7-10-8-16-18(5-6-19-16)12-3-1-2-4-13(12)20-17(18)11(10)9-15(14)22/h1-4,7,9,16-17,19-22H,5-6,8H2. The van der Waals surface area contributed by atoms with Crippen LogP contribution in [0.25, 0.3) is 0 Å². The number of fused-ring (bicyclic) bond motifs is 3. The van der Waals surface area contributed by atoms with Crippen LogP contribution in [0.5, 0.6) is 11.5 Å². The first kappa shape index (κ1) is 12.4. The number of phenols is 2. The molecule has 1 aliphatic carbocycles. The van der Waals surface area contributed by atoms with Crippen LogP contribution in [0.1, 0.15) is 29.2 Å². The molecular weight excluding hydrogens is 276 g/mol. The Morgan fingerprint density at radius 3 is 2.82 bits per heavy atom. The highest BCUT2D eigenvalue weighted by Gasteiger charge is 2.57. The highest BCUT2D eigenvalue weighted by atomic mass is 16.3. The van der Waals surface area contributed by atoms with Gasteiger partial charge in [-0.2, -0.15) is 0 Å². The zero-order valence-corrected chi connectivity index (χ0v) is 12.1. The molecule has 0 aromatic heterocycles. The first-order valence-electron chi connectivity index (χ1n) is 7.84. The third-order valence-electron chi connectivity index (χ3n) is 5.77. The summed E-state index contributed by atoms with van der Waals surface area (Å²) in [6, 6.07) is 12.5. The summed E-state index contributed by atoms with van der Waals surface area (Å²) in [6.07, 6.45) is 1.98. The van der Waals surface area contributed by atoms with E-state index in [1.165, 1.54) is 11.3 Å². The van der Waals surface area contributed by atoms with Crippen molar-refractivity contribution in [3.05, 3.63) is 53.1 Å². The Morgan fingerprint density at radius 1 is 1.09 bits per heavy atom. The Labute approximate surface area is 128 Å². The number of hydrogen-bond acceptors (Lipinski definition) is 4. The maximum absolute atomic E-state index is 9.96. The van der Waals surface area contributed by atoms with Crippen molar-refractivity contribution in [1.29, 1.82) is 0 Å². The molecule has 0 amide bonds. The van der Waals surface area contributed by atoms with Crippen molar-refractivity contribution in [2.45, 2.75) is 30.3 Å². The van der Waals surface area contributed by atoms with Gasteiger partial charge in [-0.05, 0) is 54.3 Å². The largest absolute Gasteiger partial charge is 0.504 e. The Bertz CT molecular complexity index is 789. The van der Waals surface area contributed by atoms with Crippen LogP contribution in [0.2, 0.25) is 0 Å². The lowest BCUT2D eigenvalue weighted by atomic mass is 9.63. The van der Waals surface area contributed by atoms with E-state index < -0.39 is 0 Å². The lowest BCUT2D eigenvalue weighted by Gasteiger charge is -2.42. The van der Waals surface area contributed by atoms with E-state index >= 15 is 0 Å². The van der Waals surface area contributed by atoms with E-state index in [4.69, 9.17) is 0 Å². The number of para-hydroxylation sites is 1. The van der Waals surface area contributed by atoms with Crippen LogP contribution in [0, 0.1) is 0 Å². The minimum atomic E-state index is -0.0314. The fourth-order valence-electron chi connectivity index (χ4n) is 4.84. The molecule has 2 heterocycles. The first-order valence-corrected chi connectivity index (χ1v) is 7.84. The Morgan fingerprint density at radius 2 is 1.91 bits per heavy atom. The summed E-state index contributed by atoms with van der Waals surface area (Å²) in [6.45, 7) is 1.00. The second-order valence-corrected chi connectivity index (χ2v) is 6.66. The number of rotatable bonds is 0. The maximum atomic E-state index is 9.96. The molecule has 1 fully saturated rings. The zero-order valence-electron chi connectivity index (χ0n) is 12.1. The minimum Gasteiger partial charge on any atom is -0.504 e. The third-order valence-corrected chi connectivity index (χ3v) is 5.77. The van der Waals surface area contributed by atoms with E-state index in [2.05, 4.69) is 34.9 Å². The molecule has 112 valence electrons. The van der Waals surface area contributed by atoms with Gasteiger partial charge in [-0.15, -0.1) is 0 Å². The molecule has 3 unspecified atom stereocenters. The second-order valence-electron chi connectivity index (χ2n) is 6.66. The number of phenolic OH excluding ortho intramolecular Hbond substituents is 2. The molecule has 0 radical (unpaired) electrons. The summed E-state index contributed by atoms with van der Waals surface area (Å²) in [5.74, 6) is -0.0594. The summed E-state index contributed by atoms with van der Waals surface area (Å²) in [4.78, 5) is 0. The maximum Gasteiger partial charge on any atom is 0.157 e. The van der Waals surface area contributed by atoms with Crippen molar-refractivity contribution in [2.24, 2.45) is 0 Å². The fourth-order valence-corrected chi connectivity index (χ4v) is 4.84. The number of nitrogens with one attached hydrogen (secondary N) is 2. The van der Waals surface area contributed by atoms with Gasteiger partial charge in [-0.25, -0.2) is 0 Å². The van der Waals surface area contributed by atoms with Crippen LogP contribution in [0.3, 0.4) is 0 Å². The van der Waals surface area contributed by atoms with Crippen LogP contribution >= 0.6 is 0 Å². The highest BCUT2D eigenvalue weighted by molar-refractivity contribution is 5.68. The monoisotopic (exact) mass is 294 g/mol. The molecule has 2 aromatic rings. The minimum absolute atomic E-state index is 0.0280. The third kappa shape index (κ3) is 1.32. The van der Waals surface area contributed by atoms with E-state index in [-0.39, 0.29) is 23.0 Å². The molecular formula is C18H18N2O2. The topological polar surface area (TPSA) is 64.5 Å². The molecule has 1 spiro atoms. The number of hydrogen-bond donors (Lipinski definition) is 4. The molecule has 22 heavy (non-hydrogen) atoms. The zero-order chi connectivity index (χ0) is 14.9. The molecule has 4 N–H and O–H groups in total. The fraction of sp³-hybridized carbons (Fsp3) is 0.333. The van der Waals surface area contributed by atoms with Gasteiger partial charge in [-0.3, -0.25) is 0 Å². The van der Waals surface area contributed by atoms with Gasteiger partial charge in [-0.1, -0.05) is 18.2 Å².